The average molecular weight is 378 g/mol. The summed E-state index contributed by atoms with van der Waals surface area (Å²) in [5.41, 5.74) is 0.434. The molecule has 2 N–H and O–H groups in total. The van der Waals surface area contributed by atoms with Gasteiger partial charge in [0, 0.05) is 11.4 Å². The summed E-state index contributed by atoms with van der Waals surface area (Å²) in [5, 5.41) is 2.60. The SMILES string of the molecule is O=S(=O)(Nc1ccc(Nc2ccc(F)c(F)c2F)cc1)c1ccccc1. The zero-order chi connectivity index (χ0) is 18.7. The van der Waals surface area contributed by atoms with Crippen molar-refractivity contribution >= 4 is 27.1 Å². The maximum absolute atomic E-state index is 13.7. The molecule has 0 bridgehead atoms. The second kappa shape index (κ2) is 7.09. The van der Waals surface area contributed by atoms with Gasteiger partial charge in [0.15, 0.2) is 17.5 Å². The molecule has 0 saturated heterocycles. The number of anilines is 3. The molecule has 3 rings (SSSR count). The van der Waals surface area contributed by atoms with Crippen molar-refractivity contribution in [1.29, 1.82) is 0 Å². The first-order valence-corrected chi connectivity index (χ1v) is 8.93. The van der Waals surface area contributed by atoms with Crippen molar-refractivity contribution < 1.29 is 21.6 Å². The van der Waals surface area contributed by atoms with Crippen LogP contribution in [0.3, 0.4) is 0 Å². The molecule has 0 unspecified atom stereocenters. The molecule has 3 aromatic rings. The Labute approximate surface area is 148 Å². The first-order chi connectivity index (χ1) is 12.4. The van der Waals surface area contributed by atoms with Gasteiger partial charge in [0.25, 0.3) is 10.0 Å². The van der Waals surface area contributed by atoms with Crippen molar-refractivity contribution in [2.24, 2.45) is 0 Å². The van der Waals surface area contributed by atoms with E-state index in [1.54, 1.807) is 18.2 Å². The zero-order valence-electron chi connectivity index (χ0n) is 13.2. The van der Waals surface area contributed by atoms with E-state index in [-0.39, 0.29) is 10.6 Å². The lowest BCUT2D eigenvalue weighted by molar-refractivity contribution is 0.449. The smallest absolute Gasteiger partial charge is 0.261 e. The van der Waals surface area contributed by atoms with Crippen molar-refractivity contribution in [2.75, 3.05) is 10.0 Å². The third-order valence-corrected chi connectivity index (χ3v) is 4.90. The molecular formula is C18H13F3N2O2S. The Morgan fingerprint density at radius 3 is 1.96 bits per heavy atom. The van der Waals surface area contributed by atoms with E-state index < -0.39 is 27.5 Å². The quantitative estimate of drug-likeness (QED) is 0.636. The van der Waals surface area contributed by atoms with E-state index >= 15 is 0 Å². The summed E-state index contributed by atoms with van der Waals surface area (Å²) in [6.07, 6.45) is 0. The third kappa shape index (κ3) is 3.80. The summed E-state index contributed by atoms with van der Waals surface area (Å²) in [4.78, 5) is 0.117. The number of benzene rings is 3. The predicted molar refractivity (Wildman–Crippen MR) is 93.3 cm³/mol. The Hall–Kier alpha value is -3.00. The summed E-state index contributed by atoms with van der Waals surface area (Å²) in [5.74, 6) is -4.18. The highest BCUT2D eigenvalue weighted by molar-refractivity contribution is 7.92. The normalized spacial score (nSPS) is 11.2. The summed E-state index contributed by atoms with van der Waals surface area (Å²) >= 11 is 0. The number of sulfonamides is 1. The molecule has 26 heavy (non-hydrogen) atoms. The fourth-order valence-electron chi connectivity index (χ4n) is 2.21. The molecular weight excluding hydrogens is 365 g/mol. The standard InChI is InChI=1S/C18H13F3N2O2S/c19-15-10-11-16(18(21)17(15)20)22-12-6-8-13(9-7-12)23-26(24,25)14-4-2-1-3-5-14/h1-11,22-23H. The van der Waals surface area contributed by atoms with Crippen molar-refractivity contribution in [1.82, 2.24) is 0 Å². The van der Waals surface area contributed by atoms with E-state index in [0.717, 1.165) is 12.1 Å². The highest BCUT2D eigenvalue weighted by Crippen LogP contribution is 2.25. The van der Waals surface area contributed by atoms with Crippen LogP contribution >= 0.6 is 0 Å². The van der Waals surface area contributed by atoms with E-state index in [2.05, 4.69) is 10.0 Å². The minimum absolute atomic E-state index is 0.117. The van der Waals surface area contributed by atoms with Crippen LogP contribution in [0, 0.1) is 17.5 Å². The van der Waals surface area contributed by atoms with Gasteiger partial charge >= 0.3 is 0 Å². The van der Waals surface area contributed by atoms with Gasteiger partial charge in [0.05, 0.1) is 10.6 Å². The Balaban J connectivity index is 1.76. The number of hydrogen-bond donors (Lipinski definition) is 2. The fraction of sp³-hybridized carbons (Fsp3) is 0. The van der Waals surface area contributed by atoms with Crippen molar-refractivity contribution in [2.45, 2.75) is 4.90 Å². The molecule has 0 atom stereocenters. The molecule has 0 amide bonds. The summed E-state index contributed by atoms with van der Waals surface area (Å²) in [6.45, 7) is 0. The van der Waals surface area contributed by atoms with Gasteiger partial charge < -0.3 is 5.32 Å². The molecule has 0 aromatic heterocycles. The molecule has 0 heterocycles. The van der Waals surface area contributed by atoms with Crippen LogP contribution in [0.5, 0.6) is 0 Å². The van der Waals surface area contributed by atoms with Crippen LogP contribution in [0.1, 0.15) is 0 Å². The number of rotatable bonds is 5. The van der Waals surface area contributed by atoms with Crippen LogP contribution in [0.2, 0.25) is 0 Å². The monoisotopic (exact) mass is 378 g/mol. The third-order valence-electron chi connectivity index (χ3n) is 3.50. The topological polar surface area (TPSA) is 58.2 Å². The van der Waals surface area contributed by atoms with Gasteiger partial charge in [-0.25, -0.2) is 21.6 Å². The molecule has 0 aliphatic carbocycles. The second-order valence-corrected chi connectivity index (χ2v) is 7.03. The van der Waals surface area contributed by atoms with Crippen molar-refractivity contribution in [3.8, 4) is 0 Å². The Bertz CT molecular complexity index is 1020. The van der Waals surface area contributed by atoms with E-state index in [9.17, 15) is 21.6 Å². The van der Waals surface area contributed by atoms with Crippen LogP contribution in [-0.2, 0) is 10.0 Å². The van der Waals surface area contributed by atoms with Crippen molar-refractivity contribution in [3.05, 3.63) is 84.2 Å². The molecule has 8 heteroatoms. The van der Waals surface area contributed by atoms with Gasteiger partial charge in [-0.1, -0.05) is 18.2 Å². The summed E-state index contributed by atoms with van der Waals surface area (Å²) in [7, 11) is -3.72. The summed E-state index contributed by atoms with van der Waals surface area (Å²) in [6, 6.07) is 15.6. The Morgan fingerprint density at radius 1 is 0.692 bits per heavy atom. The minimum atomic E-state index is -3.72. The van der Waals surface area contributed by atoms with Gasteiger partial charge in [0.1, 0.15) is 0 Å². The molecule has 0 aliphatic heterocycles. The Kier molecular flexibility index (Phi) is 4.85. The Morgan fingerprint density at radius 2 is 1.31 bits per heavy atom. The molecule has 3 aromatic carbocycles. The largest absolute Gasteiger partial charge is 0.353 e. The zero-order valence-corrected chi connectivity index (χ0v) is 14.0. The molecule has 0 spiro atoms. The van der Waals surface area contributed by atoms with Crippen LogP contribution in [0.25, 0.3) is 0 Å². The number of halogens is 3. The molecule has 0 saturated carbocycles. The van der Waals surface area contributed by atoms with E-state index in [1.807, 2.05) is 0 Å². The second-order valence-electron chi connectivity index (χ2n) is 5.34. The lowest BCUT2D eigenvalue weighted by atomic mass is 10.2. The lowest BCUT2D eigenvalue weighted by Gasteiger charge is -2.11. The highest BCUT2D eigenvalue weighted by atomic mass is 32.2. The molecule has 4 nitrogen and oxygen atoms in total. The van der Waals surface area contributed by atoms with E-state index in [0.29, 0.717) is 11.4 Å². The molecule has 0 aliphatic rings. The molecule has 0 fully saturated rings. The first kappa shape index (κ1) is 17.8. The van der Waals surface area contributed by atoms with Gasteiger partial charge in [-0.15, -0.1) is 0 Å². The number of nitrogens with one attached hydrogen (secondary N) is 2. The predicted octanol–water partition coefficient (Wildman–Crippen LogP) is 4.65. The van der Waals surface area contributed by atoms with E-state index in [1.165, 1.54) is 36.4 Å². The maximum atomic E-state index is 13.7. The first-order valence-electron chi connectivity index (χ1n) is 7.45. The fourth-order valence-corrected chi connectivity index (χ4v) is 3.29. The van der Waals surface area contributed by atoms with Gasteiger partial charge in [-0.05, 0) is 48.5 Å². The van der Waals surface area contributed by atoms with Crippen LogP contribution < -0.4 is 10.0 Å². The maximum Gasteiger partial charge on any atom is 0.261 e. The van der Waals surface area contributed by atoms with Crippen LogP contribution in [0.15, 0.2) is 71.6 Å². The van der Waals surface area contributed by atoms with Crippen LogP contribution in [-0.4, -0.2) is 8.42 Å². The van der Waals surface area contributed by atoms with Crippen molar-refractivity contribution in [3.63, 3.8) is 0 Å². The summed E-state index contributed by atoms with van der Waals surface area (Å²) < 4.78 is 66.7. The molecule has 134 valence electrons. The average Bonchev–Trinajstić information content (AvgIpc) is 2.64. The van der Waals surface area contributed by atoms with E-state index in [4.69, 9.17) is 0 Å². The molecule has 0 radical (unpaired) electrons. The van der Waals surface area contributed by atoms with Gasteiger partial charge in [0.2, 0.25) is 0 Å². The minimum Gasteiger partial charge on any atom is -0.353 e. The highest BCUT2D eigenvalue weighted by Gasteiger charge is 2.15. The van der Waals surface area contributed by atoms with Gasteiger partial charge in [-0.3, -0.25) is 4.72 Å². The number of hydrogen-bond acceptors (Lipinski definition) is 3. The lowest BCUT2D eigenvalue weighted by Crippen LogP contribution is -2.12. The van der Waals surface area contributed by atoms with Crippen LogP contribution in [0.4, 0.5) is 30.2 Å². The van der Waals surface area contributed by atoms with Gasteiger partial charge in [-0.2, -0.15) is 0 Å².